The van der Waals surface area contributed by atoms with Gasteiger partial charge in [-0.1, -0.05) is 24.1 Å². The molecule has 1 aromatic rings. The minimum Gasteiger partial charge on any atom is -0.493 e. The Hall–Kier alpha value is -2.31. The lowest BCUT2D eigenvalue weighted by Crippen LogP contribution is -2.48. The highest BCUT2D eigenvalue weighted by Gasteiger charge is 2.33. The van der Waals surface area contributed by atoms with Gasteiger partial charge < -0.3 is 19.9 Å². The Bertz CT molecular complexity index is 802. The maximum Gasteiger partial charge on any atom is 0.203 e. The Balaban J connectivity index is 2.15. The largest absolute Gasteiger partial charge is 0.493 e. The Labute approximate surface area is 193 Å². The maximum absolute atomic E-state index is 13.2. The van der Waals surface area contributed by atoms with Gasteiger partial charge in [0.1, 0.15) is 6.61 Å². The minimum atomic E-state index is -0.579. The molecule has 1 aromatic carbocycles. The molecule has 1 heterocycles. The Morgan fingerprint density at radius 2 is 1.84 bits per heavy atom. The van der Waals surface area contributed by atoms with Crippen LogP contribution in [-0.4, -0.2) is 56.7 Å². The molecule has 0 amide bonds. The molecular weight excluding hydrogens is 404 g/mol. The van der Waals surface area contributed by atoms with Gasteiger partial charge in [-0.15, -0.1) is 0 Å². The van der Waals surface area contributed by atoms with Gasteiger partial charge in [-0.05, 0) is 77.8 Å². The maximum atomic E-state index is 13.2. The number of ether oxygens (including phenoxy) is 3. The number of carbonyl (C=O) groups is 1. The summed E-state index contributed by atoms with van der Waals surface area (Å²) in [6, 6.07) is 2.90. The van der Waals surface area contributed by atoms with E-state index in [1.807, 2.05) is 0 Å². The van der Waals surface area contributed by atoms with Gasteiger partial charge in [0.05, 0.1) is 20.3 Å². The van der Waals surface area contributed by atoms with Crippen LogP contribution < -0.4 is 19.9 Å². The first-order valence-electron chi connectivity index (χ1n) is 11.5. The first kappa shape index (κ1) is 25.9. The molecule has 1 saturated heterocycles. The highest BCUT2D eigenvalue weighted by molar-refractivity contribution is 6.01. The third kappa shape index (κ3) is 6.84. The van der Waals surface area contributed by atoms with Crippen molar-refractivity contribution in [3.05, 3.63) is 41.0 Å². The Kier molecular flexibility index (Phi) is 10.3. The van der Waals surface area contributed by atoms with Crippen LogP contribution in [0.3, 0.4) is 0 Å². The second-order valence-corrected chi connectivity index (χ2v) is 8.62. The minimum absolute atomic E-state index is 0.0693. The molecule has 0 aromatic heterocycles. The average Bonchev–Trinajstić information content (AvgIpc) is 3.26. The highest BCUT2D eigenvalue weighted by atomic mass is 16.5. The number of hydrogen-bond donors (Lipinski definition) is 1. The molecule has 178 valence electrons. The summed E-state index contributed by atoms with van der Waals surface area (Å²) >= 11 is 0. The van der Waals surface area contributed by atoms with Crippen LogP contribution >= 0.6 is 0 Å². The number of likely N-dealkylation sites (N-methyl/N-ethyl adjacent to an activating group) is 1. The van der Waals surface area contributed by atoms with E-state index in [4.69, 9.17) is 19.9 Å². The fourth-order valence-electron chi connectivity index (χ4n) is 4.14. The molecule has 1 aliphatic rings. The number of carbonyl (C=O) groups excluding carboxylic acids is 1. The van der Waals surface area contributed by atoms with Crippen LogP contribution in [0.1, 0.15) is 63.7 Å². The Morgan fingerprint density at radius 3 is 2.41 bits per heavy atom. The smallest absolute Gasteiger partial charge is 0.203 e. The third-order valence-corrected chi connectivity index (χ3v) is 6.03. The molecule has 0 aliphatic carbocycles. The first-order chi connectivity index (χ1) is 15.3. The van der Waals surface area contributed by atoms with Crippen LogP contribution in [0.25, 0.3) is 0 Å². The van der Waals surface area contributed by atoms with Crippen molar-refractivity contribution in [3.63, 3.8) is 0 Å². The van der Waals surface area contributed by atoms with Crippen molar-refractivity contribution >= 4 is 5.78 Å². The summed E-state index contributed by atoms with van der Waals surface area (Å²) in [7, 11) is 3.12. The number of nitrogens with zero attached hydrogens (tertiary/aromatic N) is 1. The van der Waals surface area contributed by atoms with E-state index in [2.05, 4.69) is 44.7 Å². The second-order valence-electron chi connectivity index (χ2n) is 8.62. The number of ketones is 1. The number of benzene rings is 1. The van der Waals surface area contributed by atoms with Crippen LogP contribution in [0, 0.1) is 0 Å². The predicted molar refractivity (Wildman–Crippen MR) is 130 cm³/mol. The van der Waals surface area contributed by atoms with Crippen LogP contribution in [0.5, 0.6) is 17.2 Å². The molecule has 6 heteroatoms. The van der Waals surface area contributed by atoms with Gasteiger partial charge >= 0.3 is 0 Å². The van der Waals surface area contributed by atoms with Gasteiger partial charge in [0.15, 0.2) is 17.3 Å². The highest BCUT2D eigenvalue weighted by Crippen LogP contribution is 2.39. The van der Waals surface area contributed by atoms with E-state index in [-0.39, 0.29) is 11.8 Å². The summed E-state index contributed by atoms with van der Waals surface area (Å²) in [4.78, 5) is 15.5. The van der Waals surface area contributed by atoms with E-state index in [0.717, 1.165) is 38.8 Å². The van der Waals surface area contributed by atoms with Crippen LogP contribution in [0.2, 0.25) is 0 Å². The molecule has 0 radical (unpaired) electrons. The molecule has 32 heavy (non-hydrogen) atoms. The average molecular weight is 445 g/mol. The molecule has 0 saturated carbocycles. The lowest BCUT2D eigenvalue weighted by atomic mass is 9.96. The van der Waals surface area contributed by atoms with Gasteiger partial charge in [-0.25, -0.2) is 0 Å². The SMILES string of the molecule is CCN1CCCC1C(N)C(=O)c1cc(OC)c(OC/C=C(\C)CCC=C(C)C)c(OC)c1. The molecule has 1 aliphatic heterocycles. The van der Waals surface area contributed by atoms with Gasteiger partial charge in [0.2, 0.25) is 5.75 Å². The molecule has 6 nitrogen and oxygen atoms in total. The van der Waals surface area contributed by atoms with E-state index in [1.165, 1.54) is 11.1 Å². The van der Waals surface area contributed by atoms with E-state index >= 15 is 0 Å². The van der Waals surface area contributed by atoms with Crippen molar-refractivity contribution in [2.45, 2.75) is 65.5 Å². The molecule has 2 unspecified atom stereocenters. The molecule has 2 N–H and O–H groups in total. The Morgan fingerprint density at radius 1 is 1.19 bits per heavy atom. The summed E-state index contributed by atoms with van der Waals surface area (Å²) in [6.07, 6.45) is 8.31. The number of rotatable bonds is 12. The van der Waals surface area contributed by atoms with Crippen molar-refractivity contribution in [2.24, 2.45) is 5.73 Å². The standard InChI is InChI=1S/C26H40N2O4/c1-7-28-14-9-12-21(28)24(27)25(29)20-16-22(30-5)26(23(17-20)31-6)32-15-13-19(4)11-8-10-18(2)3/h10,13,16-17,21,24H,7-9,11-12,14-15,27H2,1-6H3/b19-13+. The van der Waals surface area contributed by atoms with Crippen molar-refractivity contribution in [1.82, 2.24) is 4.90 Å². The predicted octanol–water partition coefficient (Wildman–Crippen LogP) is 4.77. The third-order valence-electron chi connectivity index (χ3n) is 6.03. The number of Topliss-reactive ketones (excluding diaryl/α,β-unsaturated/α-hetero) is 1. The van der Waals surface area contributed by atoms with Crippen LogP contribution in [-0.2, 0) is 0 Å². The van der Waals surface area contributed by atoms with Crippen molar-refractivity contribution < 1.29 is 19.0 Å². The van der Waals surface area contributed by atoms with Crippen LogP contribution in [0.15, 0.2) is 35.4 Å². The van der Waals surface area contributed by atoms with Gasteiger partial charge in [0.25, 0.3) is 0 Å². The summed E-state index contributed by atoms with van der Waals surface area (Å²) < 4.78 is 17.1. The van der Waals surface area contributed by atoms with Gasteiger partial charge in [-0.3, -0.25) is 9.69 Å². The number of nitrogens with two attached hydrogens (primary N) is 1. The summed E-state index contributed by atoms with van der Waals surface area (Å²) in [5.41, 5.74) is 9.47. The molecule has 2 atom stereocenters. The van der Waals surface area contributed by atoms with Crippen LogP contribution in [0.4, 0.5) is 0 Å². The summed E-state index contributed by atoms with van der Waals surface area (Å²) in [6.45, 7) is 10.7. The van der Waals surface area contributed by atoms with Gasteiger partial charge in [0, 0.05) is 11.6 Å². The van der Waals surface area contributed by atoms with Crippen molar-refractivity contribution in [3.8, 4) is 17.2 Å². The van der Waals surface area contributed by atoms with Crippen molar-refractivity contribution in [1.29, 1.82) is 0 Å². The zero-order valence-corrected chi connectivity index (χ0v) is 20.6. The number of allylic oxidation sites excluding steroid dienone is 3. The lowest BCUT2D eigenvalue weighted by molar-refractivity contribution is 0.0907. The molecule has 0 spiro atoms. The summed E-state index contributed by atoms with van der Waals surface area (Å²) in [5.74, 6) is 1.32. The zero-order chi connectivity index (χ0) is 23.7. The molecule has 0 bridgehead atoms. The van der Waals surface area contributed by atoms with E-state index in [0.29, 0.717) is 29.4 Å². The summed E-state index contributed by atoms with van der Waals surface area (Å²) in [5, 5.41) is 0. The van der Waals surface area contributed by atoms with E-state index in [1.54, 1.807) is 26.4 Å². The van der Waals surface area contributed by atoms with Crippen molar-refractivity contribution in [2.75, 3.05) is 33.9 Å². The molecular formula is C26H40N2O4. The van der Waals surface area contributed by atoms with Gasteiger partial charge in [-0.2, -0.15) is 0 Å². The fourth-order valence-corrected chi connectivity index (χ4v) is 4.14. The number of methoxy groups -OCH3 is 2. The second kappa shape index (κ2) is 12.7. The van der Waals surface area contributed by atoms with E-state index in [9.17, 15) is 4.79 Å². The quantitative estimate of drug-likeness (QED) is 0.370. The molecule has 2 rings (SSSR count). The first-order valence-corrected chi connectivity index (χ1v) is 11.5. The number of hydrogen-bond acceptors (Lipinski definition) is 6. The van der Waals surface area contributed by atoms with E-state index < -0.39 is 6.04 Å². The fraction of sp³-hybridized carbons (Fsp3) is 0.577. The topological polar surface area (TPSA) is 74.0 Å². The number of likely N-dealkylation sites (tertiary alicyclic amines) is 1. The monoisotopic (exact) mass is 444 g/mol. The lowest BCUT2D eigenvalue weighted by Gasteiger charge is -2.27. The zero-order valence-electron chi connectivity index (χ0n) is 20.6. The molecule has 1 fully saturated rings. The normalized spacial score (nSPS) is 17.7.